The van der Waals surface area contributed by atoms with E-state index in [0.29, 0.717) is 5.75 Å². The van der Waals surface area contributed by atoms with Gasteiger partial charge in [-0.3, -0.25) is 0 Å². The maximum Gasteiger partial charge on any atom is 0.126 e. The van der Waals surface area contributed by atoms with Crippen LogP contribution in [-0.2, 0) is 16.2 Å². The molecule has 0 saturated carbocycles. The van der Waals surface area contributed by atoms with E-state index in [4.69, 9.17) is 0 Å². The Hall–Kier alpha value is -2.28. The van der Waals surface area contributed by atoms with Crippen LogP contribution in [0.4, 0.5) is 0 Å². The van der Waals surface area contributed by atoms with Crippen molar-refractivity contribution in [2.45, 2.75) is 85.5 Å². The van der Waals surface area contributed by atoms with E-state index >= 15 is 0 Å². The van der Waals surface area contributed by atoms with E-state index in [1.807, 2.05) is 13.0 Å². The van der Waals surface area contributed by atoms with Crippen LogP contribution in [0.1, 0.15) is 84.6 Å². The average molecular weight is 403 g/mol. The zero-order valence-corrected chi connectivity index (χ0v) is 20.5. The molecule has 0 aromatic heterocycles. The molecule has 0 bridgehead atoms. The molecule has 0 aliphatic rings. The lowest BCUT2D eigenvalue weighted by Crippen LogP contribution is -2.23. The van der Waals surface area contributed by atoms with Gasteiger partial charge in [-0.15, -0.1) is 0 Å². The van der Waals surface area contributed by atoms with Crippen LogP contribution in [0.3, 0.4) is 0 Å². The standard InChI is InChI=1S/C29H38O/c1-18-21-14-12-11-13-19(21)15-22(26(18)30)25-23(28(5,6)7)16-20(27(2,3)4)17-24(25)29(8,9)10/h11-17,30H,1-10H3. The van der Waals surface area contributed by atoms with Crippen LogP contribution in [0.5, 0.6) is 5.75 Å². The van der Waals surface area contributed by atoms with Gasteiger partial charge in [0.25, 0.3) is 0 Å². The summed E-state index contributed by atoms with van der Waals surface area (Å²) in [6.45, 7) is 22.5. The lowest BCUT2D eigenvalue weighted by molar-refractivity contribution is 0.473. The van der Waals surface area contributed by atoms with E-state index in [-0.39, 0.29) is 16.2 Å². The third-order valence-corrected chi connectivity index (χ3v) is 6.16. The minimum Gasteiger partial charge on any atom is -0.507 e. The van der Waals surface area contributed by atoms with Gasteiger partial charge in [-0.2, -0.15) is 0 Å². The third-order valence-electron chi connectivity index (χ3n) is 6.16. The number of phenols is 1. The largest absolute Gasteiger partial charge is 0.507 e. The molecule has 1 nitrogen and oxygen atoms in total. The first-order chi connectivity index (χ1) is 13.6. The van der Waals surface area contributed by atoms with Crippen LogP contribution in [0.25, 0.3) is 21.9 Å². The zero-order valence-electron chi connectivity index (χ0n) is 20.5. The summed E-state index contributed by atoms with van der Waals surface area (Å²) in [5.41, 5.74) is 6.97. The van der Waals surface area contributed by atoms with Gasteiger partial charge in [0.05, 0.1) is 0 Å². The highest BCUT2D eigenvalue weighted by molar-refractivity contribution is 5.95. The lowest BCUT2D eigenvalue weighted by Gasteiger charge is -2.34. The highest BCUT2D eigenvalue weighted by Gasteiger charge is 2.31. The van der Waals surface area contributed by atoms with Gasteiger partial charge in [-0.05, 0) is 67.8 Å². The molecule has 0 saturated heterocycles. The second-order valence-corrected chi connectivity index (χ2v) is 11.8. The smallest absolute Gasteiger partial charge is 0.126 e. The third kappa shape index (κ3) is 4.00. The predicted octanol–water partition coefficient (Wildman–Crippen LogP) is 8.41. The summed E-state index contributed by atoms with van der Waals surface area (Å²) >= 11 is 0. The molecule has 3 rings (SSSR count). The van der Waals surface area contributed by atoms with Gasteiger partial charge in [-0.1, -0.05) is 98.7 Å². The topological polar surface area (TPSA) is 20.2 Å². The van der Waals surface area contributed by atoms with Crippen molar-refractivity contribution in [3.8, 4) is 16.9 Å². The number of aryl methyl sites for hydroxylation is 1. The summed E-state index contributed by atoms with van der Waals surface area (Å²) in [7, 11) is 0. The number of rotatable bonds is 1. The molecule has 0 heterocycles. The summed E-state index contributed by atoms with van der Waals surface area (Å²) < 4.78 is 0. The van der Waals surface area contributed by atoms with Gasteiger partial charge in [-0.25, -0.2) is 0 Å². The molecule has 160 valence electrons. The first-order valence-corrected chi connectivity index (χ1v) is 11.0. The lowest BCUT2D eigenvalue weighted by atomic mass is 9.70. The van der Waals surface area contributed by atoms with Crippen LogP contribution in [0, 0.1) is 6.92 Å². The van der Waals surface area contributed by atoms with Crippen LogP contribution >= 0.6 is 0 Å². The fourth-order valence-electron chi connectivity index (χ4n) is 4.26. The Balaban J connectivity index is 2.54. The molecule has 0 aliphatic carbocycles. The Labute approximate surface area is 183 Å². The zero-order chi connectivity index (χ0) is 22.6. The molecule has 3 aromatic rings. The van der Waals surface area contributed by atoms with E-state index in [2.05, 4.69) is 98.7 Å². The highest BCUT2D eigenvalue weighted by atomic mass is 16.3. The minimum absolute atomic E-state index is 0.0530. The van der Waals surface area contributed by atoms with Crippen LogP contribution in [0.2, 0.25) is 0 Å². The van der Waals surface area contributed by atoms with Gasteiger partial charge < -0.3 is 5.11 Å². The van der Waals surface area contributed by atoms with Gasteiger partial charge in [0.15, 0.2) is 0 Å². The number of phenolic OH excluding ortho intramolecular Hbond substituents is 1. The van der Waals surface area contributed by atoms with E-state index in [1.54, 1.807) is 0 Å². The number of fused-ring (bicyclic) bond motifs is 1. The van der Waals surface area contributed by atoms with Crippen molar-refractivity contribution >= 4 is 10.8 Å². The Morgan fingerprint density at radius 1 is 0.667 bits per heavy atom. The van der Waals surface area contributed by atoms with E-state index in [1.165, 1.54) is 27.6 Å². The number of aromatic hydroxyl groups is 1. The Kier molecular flexibility index (Phi) is 5.34. The molecule has 0 aliphatic heterocycles. The van der Waals surface area contributed by atoms with Gasteiger partial charge in [0.1, 0.15) is 5.75 Å². The molecular weight excluding hydrogens is 364 g/mol. The predicted molar refractivity (Wildman–Crippen MR) is 132 cm³/mol. The second kappa shape index (κ2) is 7.15. The summed E-state index contributed by atoms with van der Waals surface area (Å²) in [6, 6.07) is 15.3. The van der Waals surface area contributed by atoms with Crippen molar-refractivity contribution in [1.82, 2.24) is 0 Å². The maximum absolute atomic E-state index is 11.4. The highest BCUT2D eigenvalue weighted by Crippen LogP contribution is 2.47. The maximum atomic E-state index is 11.4. The van der Waals surface area contributed by atoms with E-state index in [0.717, 1.165) is 16.5 Å². The Morgan fingerprint density at radius 2 is 1.17 bits per heavy atom. The summed E-state index contributed by atoms with van der Waals surface area (Å²) in [4.78, 5) is 0. The first-order valence-electron chi connectivity index (χ1n) is 11.0. The van der Waals surface area contributed by atoms with Crippen LogP contribution in [0.15, 0.2) is 42.5 Å². The van der Waals surface area contributed by atoms with E-state index < -0.39 is 0 Å². The van der Waals surface area contributed by atoms with Crippen molar-refractivity contribution in [2.24, 2.45) is 0 Å². The number of benzene rings is 3. The molecule has 0 radical (unpaired) electrons. The first kappa shape index (κ1) is 22.4. The van der Waals surface area contributed by atoms with Crippen LogP contribution in [-0.4, -0.2) is 5.11 Å². The van der Waals surface area contributed by atoms with Gasteiger partial charge in [0, 0.05) is 5.56 Å². The molecule has 0 fully saturated rings. The molecule has 30 heavy (non-hydrogen) atoms. The normalized spacial score (nSPS) is 13.1. The molecule has 0 amide bonds. The quantitative estimate of drug-likeness (QED) is 0.433. The molecule has 1 heteroatoms. The Bertz CT molecular complexity index is 1060. The molecule has 0 spiro atoms. The molecule has 1 N–H and O–H groups in total. The second-order valence-electron chi connectivity index (χ2n) is 11.8. The number of hydrogen-bond donors (Lipinski definition) is 1. The molecule has 0 unspecified atom stereocenters. The monoisotopic (exact) mass is 402 g/mol. The number of hydrogen-bond acceptors (Lipinski definition) is 1. The fraction of sp³-hybridized carbons (Fsp3) is 0.448. The van der Waals surface area contributed by atoms with Crippen LogP contribution < -0.4 is 0 Å². The van der Waals surface area contributed by atoms with Crippen molar-refractivity contribution in [1.29, 1.82) is 0 Å². The van der Waals surface area contributed by atoms with Gasteiger partial charge >= 0.3 is 0 Å². The van der Waals surface area contributed by atoms with Crippen molar-refractivity contribution in [3.63, 3.8) is 0 Å². The van der Waals surface area contributed by atoms with E-state index in [9.17, 15) is 5.11 Å². The molecular formula is C29H38O. The van der Waals surface area contributed by atoms with Crippen molar-refractivity contribution in [2.75, 3.05) is 0 Å². The summed E-state index contributed by atoms with van der Waals surface area (Å²) in [6.07, 6.45) is 0. The average Bonchev–Trinajstić information content (AvgIpc) is 2.61. The fourth-order valence-corrected chi connectivity index (χ4v) is 4.26. The molecule has 0 atom stereocenters. The Morgan fingerprint density at radius 3 is 1.63 bits per heavy atom. The summed E-state index contributed by atoms with van der Waals surface area (Å²) in [5.74, 6) is 0.396. The molecule has 3 aromatic carbocycles. The SMILES string of the molecule is Cc1c(O)c(-c2c(C(C)(C)C)cc(C(C)(C)C)cc2C(C)(C)C)cc2ccccc12. The summed E-state index contributed by atoms with van der Waals surface area (Å²) in [5, 5.41) is 13.6. The van der Waals surface area contributed by atoms with Gasteiger partial charge in [0.2, 0.25) is 0 Å². The minimum atomic E-state index is -0.0530. The van der Waals surface area contributed by atoms with Crippen molar-refractivity contribution < 1.29 is 5.11 Å². The van der Waals surface area contributed by atoms with Crippen molar-refractivity contribution in [3.05, 3.63) is 64.7 Å².